The lowest BCUT2D eigenvalue weighted by Gasteiger charge is -2.43. The van der Waals surface area contributed by atoms with E-state index in [0.29, 0.717) is 36.4 Å². The second kappa shape index (κ2) is 14.4. The van der Waals surface area contributed by atoms with E-state index in [1.807, 2.05) is 45.0 Å². The number of ether oxygens (including phenoxy) is 1. The molecule has 3 fully saturated rings. The van der Waals surface area contributed by atoms with Crippen molar-refractivity contribution in [3.8, 4) is 22.8 Å². The fourth-order valence-electron chi connectivity index (χ4n) is 7.31. The molecule has 2 saturated heterocycles. The summed E-state index contributed by atoms with van der Waals surface area (Å²) in [5.41, 5.74) is 2.41. The minimum Gasteiger partial charge on any atom is -0.457 e. The number of carbonyl (C=O) groups excluding carboxylic acids is 2. The van der Waals surface area contributed by atoms with Crippen LogP contribution in [-0.2, 0) is 11.3 Å². The van der Waals surface area contributed by atoms with E-state index in [1.54, 1.807) is 21.9 Å². The number of aromatic nitrogens is 2. The summed E-state index contributed by atoms with van der Waals surface area (Å²) in [7, 11) is 0. The van der Waals surface area contributed by atoms with Crippen LogP contribution >= 0.6 is 0 Å². The third kappa shape index (κ3) is 8.06. The molecular weight excluding hydrogens is 638 g/mol. The molecule has 12 heteroatoms. The van der Waals surface area contributed by atoms with Crippen LogP contribution in [0.5, 0.6) is 11.5 Å². The maximum absolute atomic E-state index is 15.7. The molecule has 3 aliphatic rings. The Morgan fingerprint density at radius 2 is 1.78 bits per heavy atom. The molecule has 1 N–H and O–H groups in total. The van der Waals surface area contributed by atoms with Gasteiger partial charge in [0.15, 0.2) is 0 Å². The van der Waals surface area contributed by atoms with Crippen LogP contribution in [0.4, 0.5) is 17.6 Å². The van der Waals surface area contributed by atoms with Gasteiger partial charge in [-0.15, -0.1) is 0 Å². The van der Waals surface area contributed by atoms with Gasteiger partial charge in [0.05, 0.1) is 17.0 Å². The van der Waals surface area contributed by atoms with Crippen molar-refractivity contribution >= 4 is 11.8 Å². The number of alkyl halides is 3. The lowest BCUT2D eigenvalue weighted by Crippen LogP contribution is -2.58. The minimum absolute atomic E-state index is 0.0576. The standard InChI is InChI=1S/C37H43F4N5O3/c1-22(2)31-12-13-32(44-43-31)24-8-10-28(11-9-24)49-33-19-29(30(38)17-25(33)21-45-20-23(3)16-35(45)47)36(48)42-26-14-15-46(27-6-4-5-7-27)34(18-26)37(39,40)41/h8-13,17,19,22-23,26-27,34H,4-7,14-16,18,20-21H2,1-3H3,(H,42,48)/t23-,26?,34?/m0/s1. The van der Waals surface area contributed by atoms with Gasteiger partial charge in [0.1, 0.15) is 23.4 Å². The van der Waals surface area contributed by atoms with Crippen LogP contribution in [0.15, 0.2) is 48.5 Å². The van der Waals surface area contributed by atoms with Gasteiger partial charge in [-0.2, -0.15) is 23.4 Å². The van der Waals surface area contributed by atoms with Crippen molar-refractivity contribution in [2.24, 2.45) is 5.92 Å². The summed E-state index contributed by atoms with van der Waals surface area (Å²) in [4.78, 5) is 29.3. The zero-order valence-electron chi connectivity index (χ0n) is 28.1. The fraction of sp³-hybridized carbons (Fsp3) is 0.514. The van der Waals surface area contributed by atoms with Crippen molar-refractivity contribution in [2.75, 3.05) is 13.1 Å². The third-order valence-corrected chi connectivity index (χ3v) is 9.97. The maximum Gasteiger partial charge on any atom is 0.404 e. The Kier molecular flexibility index (Phi) is 10.2. The minimum atomic E-state index is -4.44. The van der Waals surface area contributed by atoms with E-state index in [2.05, 4.69) is 15.5 Å². The summed E-state index contributed by atoms with van der Waals surface area (Å²) < 4.78 is 64.4. The Hall–Kier alpha value is -4.06. The zero-order chi connectivity index (χ0) is 34.9. The zero-order valence-corrected chi connectivity index (χ0v) is 28.1. The lowest BCUT2D eigenvalue weighted by molar-refractivity contribution is -0.199. The average Bonchev–Trinajstić information content (AvgIpc) is 3.71. The number of hydrogen-bond donors (Lipinski definition) is 1. The van der Waals surface area contributed by atoms with E-state index in [0.717, 1.165) is 36.9 Å². The highest BCUT2D eigenvalue weighted by Gasteiger charge is 2.49. The Morgan fingerprint density at radius 1 is 1.04 bits per heavy atom. The molecule has 3 atom stereocenters. The summed E-state index contributed by atoms with van der Waals surface area (Å²) in [6.45, 7) is 6.85. The molecule has 6 rings (SSSR count). The number of nitrogens with one attached hydrogen (secondary N) is 1. The highest BCUT2D eigenvalue weighted by atomic mass is 19.4. The van der Waals surface area contributed by atoms with Gasteiger partial charge in [0, 0.05) is 49.3 Å². The van der Waals surface area contributed by atoms with Crippen LogP contribution in [0, 0.1) is 11.7 Å². The molecule has 0 bridgehead atoms. The van der Waals surface area contributed by atoms with E-state index in [-0.39, 0.29) is 54.6 Å². The first-order chi connectivity index (χ1) is 23.4. The van der Waals surface area contributed by atoms with Crippen molar-refractivity contribution in [3.63, 3.8) is 0 Å². The Balaban J connectivity index is 1.22. The van der Waals surface area contributed by atoms with Gasteiger partial charge in [-0.05, 0) is 86.1 Å². The van der Waals surface area contributed by atoms with E-state index in [9.17, 15) is 22.8 Å². The number of nitrogens with zero attached hydrogens (tertiary/aromatic N) is 4. The highest BCUT2D eigenvalue weighted by Crippen LogP contribution is 2.38. The number of hydrogen-bond acceptors (Lipinski definition) is 6. The summed E-state index contributed by atoms with van der Waals surface area (Å²) >= 11 is 0. The molecule has 2 aliphatic heterocycles. The van der Waals surface area contributed by atoms with Crippen LogP contribution in [0.3, 0.4) is 0 Å². The van der Waals surface area contributed by atoms with Crippen LogP contribution in [0.25, 0.3) is 11.3 Å². The van der Waals surface area contributed by atoms with Crippen molar-refractivity contribution < 1.29 is 31.9 Å². The predicted molar refractivity (Wildman–Crippen MR) is 177 cm³/mol. The number of piperidine rings is 1. The summed E-state index contributed by atoms with van der Waals surface area (Å²) in [6, 6.07) is 10.8. The van der Waals surface area contributed by atoms with Gasteiger partial charge in [-0.25, -0.2) is 4.39 Å². The first-order valence-electron chi connectivity index (χ1n) is 17.2. The van der Waals surface area contributed by atoms with Crippen molar-refractivity contribution in [3.05, 3.63) is 71.2 Å². The second-order valence-corrected chi connectivity index (χ2v) is 14.1. The molecule has 2 unspecified atom stereocenters. The number of halogens is 4. The third-order valence-electron chi connectivity index (χ3n) is 9.97. The van der Waals surface area contributed by atoms with Gasteiger partial charge in [-0.1, -0.05) is 33.6 Å². The molecule has 1 saturated carbocycles. The number of benzene rings is 2. The quantitative estimate of drug-likeness (QED) is 0.234. The molecule has 2 aromatic carbocycles. The smallest absolute Gasteiger partial charge is 0.404 e. The molecule has 1 aromatic heterocycles. The normalized spacial score (nSPS) is 22.2. The van der Waals surface area contributed by atoms with Gasteiger partial charge >= 0.3 is 6.18 Å². The van der Waals surface area contributed by atoms with E-state index in [1.165, 1.54) is 12.1 Å². The molecule has 0 radical (unpaired) electrons. The number of rotatable bonds is 9. The molecular formula is C37H43F4N5O3. The SMILES string of the molecule is CC(C)c1ccc(-c2ccc(Oc3cc(C(=O)NC4CCN(C5CCCC5)C(C(F)(F)F)C4)c(F)cc3CN3C[C@@H](C)CC3=O)cc2)nn1. The topological polar surface area (TPSA) is 87.7 Å². The van der Waals surface area contributed by atoms with Gasteiger partial charge in [-0.3, -0.25) is 14.5 Å². The largest absolute Gasteiger partial charge is 0.457 e. The van der Waals surface area contributed by atoms with Gasteiger partial charge in [0.25, 0.3) is 5.91 Å². The molecule has 2 amide bonds. The van der Waals surface area contributed by atoms with Crippen molar-refractivity contribution in [1.29, 1.82) is 0 Å². The first-order valence-corrected chi connectivity index (χ1v) is 17.2. The van der Waals surface area contributed by atoms with E-state index in [4.69, 9.17) is 4.74 Å². The molecule has 8 nitrogen and oxygen atoms in total. The van der Waals surface area contributed by atoms with Crippen LogP contribution < -0.4 is 10.1 Å². The second-order valence-electron chi connectivity index (χ2n) is 14.1. The number of likely N-dealkylation sites (tertiary alicyclic amines) is 2. The van der Waals surface area contributed by atoms with E-state index < -0.39 is 30.0 Å². The number of amides is 2. The predicted octanol–water partition coefficient (Wildman–Crippen LogP) is 7.63. The molecule has 262 valence electrons. The van der Waals surface area contributed by atoms with Crippen LogP contribution in [0.2, 0.25) is 0 Å². The van der Waals surface area contributed by atoms with Crippen LogP contribution in [-0.4, -0.2) is 69.2 Å². The Labute approximate surface area is 284 Å². The van der Waals surface area contributed by atoms with Crippen LogP contribution in [0.1, 0.15) is 93.3 Å². The first kappa shape index (κ1) is 34.8. The molecule has 1 aliphatic carbocycles. The summed E-state index contributed by atoms with van der Waals surface area (Å²) in [6.07, 6.45) is -0.680. The average molecular weight is 682 g/mol. The maximum atomic E-state index is 15.7. The van der Waals surface area contributed by atoms with E-state index >= 15 is 4.39 Å². The van der Waals surface area contributed by atoms with Gasteiger partial charge < -0.3 is 15.0 Å². The number of carbonyl (C=O) groups is 2. The molecule has 0 spiro atoms. The monoisotopic (exact) mass is 681 g/mol. The Bertz CT molecular complexity index is 1640. The summed E-state index contributed by atoms with van der Waals surface area (Å²) in [5.74, 6) is -0.719. The molecule has 3 heterocycles. The lowest BCUT2D eigenvalue weighted by atomic mass is 9.94. The molecule has 49 heavy (non-hydrogen) atoms. The summed E-state index contributed by atoms with van der Waals surface area (Å²) in [5, 5.41) is 11.3. The van der Waals surface area contributed by atoms with Crippen molar-refractivity contribution in [1.82, 2.24) is 25.3 Å². The molecule has 3 aromatic rings. The van der Waals surface area contributed by atoms with Crippen molar-refractivity contribution in [2.45, 2.75) is 102 Å². The highest BCUT2D eigenvalue weighted by molar-refractivity contribution is 5.95. The van der Waals surface area contributed by atoms with Gasteiger partial charge in [0.2, 0.25) is 5.91 Å². The fourth-order valence-corrected chi connectivity index (χ4v) is 7.31. The Morgan fingerprint density at radius 3 is 2.39 bits per heavy atom.